The van der Waals surface area contributed by atoms with E-state index >= 15 is 0 Å². The van der Waals surface area contributed by atoms with Crippen LogP contribution in [0.1, 0.15) is 0 Å². The second-order valence-corrected chi connectivity index (χ2v) is 3.13. The molecular formula is C9H7N3O2. The smallest absolute Gasteiger partial charge is 0.406 e. The molecular weight excluding hydrogens is 182 g/mol. The molecule has 5 nitrogen and oxygen atoms in total. The van der Waals surface area contributed by atoms with E-state index in [1.54, 1.807) is 12.3 Å². The minimum Gasteiger partial charge on any atom is -0.406 e. The summed E-state index contributed by atoms with van der Waals surface area (Å²) >= 11 is 0. The van der Waals surface area contributed by atoms with Gasteiger partial charge in [0.15, 0.2) is 5.58 Å². The summed E-state index contributed by atoms with van der Waals surface area (Å²) in [4.78, 5) is 16.6. The van der Waals surface area contributed by atoms with E-state index in [1.165, 1.54) is 0 Å². The number of anilines is 1. The summed E-state index contributed by atoms with van der Waals surface area (Å²) in [6, 6.07) is 3.66. The van der Waals surface area contributed by atoms with Crippen LogP contribution in [0.15, 0.2) is 27.5 Å². The standard InChI is InChI=1S/C9H7N3O2/c10-5-3-4-1-2-11-6(4)8-7(5)12-9(13)14-8/h1-3,11H,10H2,(H,12,13). The van der Waals surface area contributed by atoms with Crippen LogP contribution in [-0.4, -0.2) is 9.97 Å². The maximum Gasteiger partial charge on any atom is 0.417 e. The Morgan fingerprint density at radius 1 is 1.36 bits per heavy atom. The van der Waals surface area contributed by atoms with E-state index in [0.29, 0.717) is 16.8 Å². The molecule has 0 amide bonds. The number of rotatable bonds is 0. The van der Waals surface area contributed by atoms with Crippen molar-refractivity contribution in [3.05, 3.63) is 28.9 Å². The highest BCUT2D eigenvalue weighted by Crippen LogP contribution is 2.26. The zero-order chi connectivity index (χ0) is 9.71. The lowest BCUT2D eigenvalue weighted by Gasteiger charge is -1.95. The van der Waals surface area contributed by atoms with Crippen LogP contribution < -0.4 is 11.5 Å². The van der Waals surface area contributed by atoms with E-state index in [-0.39, 0.29) is 0 Å². The quantitative estimate of drug-likeness (QED) is 0.464. The second kappa shape index (κ2) is 2.20. The fourth-order valence-corrected chi connectivity index (χ4v) is 1.65. The Morgan fingerprint density at radius 2 is 2.21 bits per heavy atom. The lowest BCUT2D eigenvalue weighted by atomic mass is 10.2. The monoisotopic (exact) mass is 189 g/mol. The summed E-state index contributed by atoms with van der Waals surface area (Å²) in [5.41, 5.74) is 8.08. The van der Waals surface area contributed by atoms with E-state index in [1.807, 2.05) is 6.07 Å². The Kier molecular flexibility index (Phi) is 1.14. The highest BCUT2D eigenvalue weighted by molar-refractivity contribution is 6.06. The van der Waals surface area contributed by atoms with Gasteiger partial charge in [-0.05, 0) is 12.1 Å². The van der Waals surface area contributed by atoms with Gasteiger partial charge in [0.05, 0.1) is 11.2 Å². The molecule has 2 aromatic heterocycles. The molecule has 0 saturated carbocycles. The van der Waals surface area contributed by atoms with Gasteiger partial charge in [-0.15, -0.1) is 0 Å². The van der Waals surface area contributed by atoms with Gasteiger partial charge < -0.3 is 15.1 Å². The number of aromatic nitrogens is 2. The molecule has 0 atom stereocenters. The first-order chi connectivity index (χ1) is 6.75. The molecule has 70 valence electrons. The van der Waals surface area contributed by atoms with Gasteiger partial charge in [-0.25, -0.2) is 4.79 Å². The predicted molar refractivity (Wildman–Crippen MR) is 53.1 cm³/mol. The molecule has 3 aromatic rings. The molecule has 4 N–H and O–H groups in total. The summed E-state index contributed by atoms with van der Waals surface area (Å²) in [6.45, 7) is 0. The van der Waals surface area contributed by atoms with Crippen molar-refractivity contribution in [3.63, 3.8) is 0 Å². The molecule has 0 spiro atoms. The Labute approximate surface area is 77.5 Å². The van der Waals surface area contributed by atoms with E-state index < -0.39 is 5.76 Å². The van der Waals surface area contributed by atoms with Gasteiger partial charge in [-0.3, -0.25) is 4.98 Å². The van der Waals surface area contributed by atoms with Crippen LogP contribution in [0.25, 0.3) is 22.0 Å². The van der Waals surface area contributed by atoms with E-state index in [4.69, 9.17) is 10.2 Å². The van der Waals surface area contributed by atoms with Gasteiger partial charge in [-0.1, -0.05) is 0 Å². The normalized spacial score (nSPS) is 11.4. The van der Waals surface area contributed by atoms with Crippen molar-refractivity contribution in [1.29, 1.82) is 0 Å². The summed E-state index contributed by atoms with van der Waals surface area (Å²) in [5.74, 6) is -0.492. The van der Waals surface area contributed by atoms with Crippen molar-refractivity contribution in [2.75, 3.05) is 5.73 Å². The van der Waals surface area contributed by atoms with Gasteiger partial charge in [0.2, 0.25) is 0 Å². The summed E-state index contributed by atoms with van der Waals surface area (Å²) in [6.07, 6.45) is 1.77. The molecule has 0 unspecified atom stereocenters. The topological polar surface area (TPSA) is 87.8 Å². The number of hydrogen-bond donors (Lipinski definition) is 3. The number of fused-ring (bicyclic) bond motifs is 3. The van der Waals surface area contributed by atoms with Crippen molar-refractivity contribution in [2.45, 2.75) is 0 Å². The molecule has 3 rings (SSSR count). The Balaban J connectivity index is 2.72. The zero-order valence-electron chi connectivity index (χ0n) is 7.13. The molecule has 1 aromatic carbocycles. The first kappa shape index (κ1) is 7.25. The lowest BCUT2D eigenvalue weighted by Crippen LogP contribution is -1.94. The highest BCUT2D eigenvalue weighted by Gasteiger charge is 2.10. The van der Waals surface area contributed by atoms with Crippen LogP contribution in [0.4, 0.5) is 5.69 Å². The van der Waals surface area contributed by atoms with Gasteiger partial charge in [0, 0.05) is 11.6 Å². The maximum atomic E-state index is 11.0. The van der Waals surface area contributed by atoms with Crippen LogP contribution in [0.2, 0.25) is 0 Å². The average Bonchev–Trinajstić information content (AvgIpc) is 2.69. The van der Waals surface area contributed by atoms with Crippen molar-refractivity contribution in [3.8, 4) is 0 Å². The Hall–Kier alpha value is -2.17. The van der Waals surface area contributed by atoms with Crippen molar-refractivity contribution in [2.24, 2.45) is 0 Å². The Morgan fingerprint density at radius 3 is 3.07 bits per heavy atom. The van der Waals surface area contributed by atoms with Gasteiger partial charge in [-0.2, -0.15) is 0 Å². The minimum atomic E-state index is -0.492. The van der Waals surface area contributed by atoms with Crippen LogP contribution >= 0.6 is 0 Å². The molecule has 0 radical (unpaired) electrons. The largest absolute Gasteiger partial charge is 0.417 e. The summed E-state index contributed by atoms with van der Waals surface area (Å²) in [7, 11) is 0. The fourth-order valence-electron chi connectivity index (χ4n) is 1.65. The zero-order valence-corrected chi connectivity index (χ0v) is 7.13. The van der Waals surface area contributed by atoms with Crippen molar-refractivity contribution < 1.29 is 4.42 Å². The van der Waals surface area contributed by atoms with Gasteiger partial charge in [0.1, 0.15) is 5.52 Å². The minimum absolute atomic E-state index is 0.481. The van der Waals surface area contributed by atoms with Crippen molar-refractivity contribution in [1.82, 2.24) is 9.97 Å². The van der Waals surface area contributed by atoms with Crippen LogP contribution in [0.5, 0.6) is 0 Å². The third kappa shape index (κ3) is 0.756. The number of aromatic amines is 2. The number of nitrogens with two attached hydrogens (primary N) is 1. The molecule has 0 aliphatic heterocycles. The highest BCUT2D eigenvalue weighted by atomic mass is 16.4. The number of nitrogens with one attached hydrogen (secondary N) is 2. The fraction of sp³-hybridized carbons (Fsp3) is 0. The number of nitrogen functional groups attached to an aromatic ring is 1. The SMILES string of the molecule is Nc1cc2cc[nH]c2c2oc(=O)[nH]c12. The summed E-state index contributed by atoms with van der Waals surface area (Å²) < 4.78 is 5.00. The van der Waals surface area contributed by atoms with E-state index in [0.717, 1.165) is 10.9 Å². The van der Waals surface area contributed by atoms with E-state index in [9.17, 15) is 4.79 Å². The van der Waals surface area contributed by atoms with Gasteiger partial charge >= 0.3 is 5.76 Å². The first-order valence-corrected chi connectivity index (χ1v) is 4.14. The molecule has 0 aliphatic carbocycles. The molecule has 0 bridgehead atoms. The van der Waals surface area contributed by atoms with Crippen LogP contribution in [0, 0.1) is 0 Å². The molecule has 0 saturated heterocycles. The maximum absolute atomic E-state index is 11.0. The molecule has 5 heteroatoms. The molecule has 0 aliphatic rings. The second-order valence-electron chi connectivity index (χ2n) is 3.13. The number of oxazole rings is 1. The third-order valence-electron chi connectivity index (χ3n) is 2.25. The Bertz CT molecular complexity index is 674. The number of benzene rings is 1. The average molecular weight is 189 g/mol. The van der Waals surface area contributed by atoms with Crippen LogP contribution in [-0.2, 0) is 0 Å². The first-order valence-electron chi connectivity index (χ1n) is 4.14. The van der Waals surface area contributed by atoms with E-state index in [2.05, 4.69) is 9.97 Å². The van der Waals surface area contributed by atoms with Gasteiger partial charge in [0.25, 0.3) is 0 Å². The van der Waals surface area contributed by atoms with Crippen molar-refractivity contribution >= 4 is 27.7 Å². The molecule has 14 heavy (non-hydrogen) atoms. The van der Waals surface area contributed by atoms with Crippen LogP contribution in [0.3, 0.4) is 0 Å². The number of H-pyrrole nitrogens is 2. The third-order valence-corrected chi connectivity index (χ3v) is 2.25. The predicted octanol–water partition coefficient (Wildman–Crippen LogP) is 1.18. The number of hydrogen-bond acceptors (Lipinski definition) is 3. The summed E-state index contributed by atoms with van der Waals surface area (Å²) in [5, 5.41) is 0.928. The lowest BCUT2D eigenvalue weighted by molar-refractivity contribution is 0.557. The molecule has 2 heterocycles. The molecule has 0 fully saturated rings.